The normalized spacial score (nSPS) is 13.4. The number of phosphoric acid groups is 1. The van der Waals surface area contributed by atoms with E-state index in [4.69, 9.17) is 13.8 Å². The summed E-state index contributed by atoms with van der Waals surface area (Å²) in [6.07, 6.45) is 49.8. The third-order valence-corrected chi connectivity index (χ3v) is 11.6. The number of hydrogen-bond acceptors (Lipinski definition) is 7. The van der Waals surface area contributed by atoms with E-state index in [1.54, 1.807) is 0 Å². The number of esters is 1. The molecule has 2 atom stereocenters. The number of nitrogens with one attached hydrogen (secondary N) is 1. The lowest BCUT2D eigenvalue weighted by Crippen LogP contribution is -2.27. The second-order valence-electron chi connectivity index (χ2n) is 16.4. The van der Waals surface area contributed by atoms with E-state index in [2.05, 4.69) is 43.5 Å². The van der Waals surface area contributed by atoms with Crippen LogP contribution in [0, 0.1) is 0 Å². The highest BCUT2D eigenvalue weighted by Gasteiger charge is 2.23. The van der Waals surface area contributed by atoms with E-state index in [-0.39, 0.29) is 32.1 Å². The van der Waals surface area contributed by atoms with E-state index >= 15 is 0 Å². The number of carbonyl (C=O) groups excluding carboxylic acids is 2. The molecule has 0 saturated carbocycles. The average Bonchev–Trinajstić information content (AvgIpc) is 3.21. The number of amides is 1. The molecule has 0 aliphatic carbocycles. The highest BCUT2D eigenvalue weighted by Crippen LogP contribution is 2.42. The lowest BCUT2D eigenvalue weighted by atomic mass is 10.0. The number of phosphoric ester groups is 1. The smallest absolute Gasteiger partial charge is 0.463 e. The minimum absolute atomic E-state index is 0.0837. The van der Waals surface area contributed by atoms with Crippen LogP contribution in [0.5, 0.6) is 0 Å². The van der Waals surface area contributed by atoms with Crippen molar-refractivity contribution in [1.29, 1.82) is 0 Å². The van der Waals surface area contributed by atoms with Gasteiger partial charge in [0.2, 0.25) is 5.91 Å². The first kappa shape index (κ1) is 56.5. The summed E-state index contributed by atoms with van der Waals surface area (Å²) in [6.45, 7) is 3.53. The predicted molar refractivity (Wildman–Crippen MR) is 243 cm³/mol. The zero-order chi connectivity index (χ0) is 42.5. The summed E-state index contributed by atoms with van der Waals surface area (Å²) in [4.78, 5) is 34.0. The molecule has 342 valence electrons. The van der Waals surface area contributed by atoms with Gasteiger partial charge in [0.15, 0.2) is 0 Å². The van der Waals surface area contributed by atoms with Crippen LogP contribution in [0.25, 0.3) is 0 Å². The molecule has 9 nitrogen and oxygen atoms in total. The largest absolute Gasteiger partial charge is 0.472 e. The summed E-state index contributed by atoms with van der Waals surface area (Å²) in [7, 11) is -4.42. The summed E-state index contributed by atoms with van der Waals surface area (Å²) in [5.41, 5.74) is 0. The molecule has 0 radical (unpaired) electrons. The lowest BCUT2D eigenvalue weighted by molar-refractivity contribution is -0.147. The van der Waals surface area contributed by atoms with E-state index in [0.29, 0.717) is 6.42 Å². The molecule has 0 heterocycles. The number of ether oxygens (including phenoxy) is 1. The zero-order valence-electron chi connectivity index (χ0n) is 37.8. The molecule has 0 aliphatic heterocycles. The van der Waals surface area contributed by atoms with Crippen LogP contribution in [0.4, 0.5) is 0 Å². The van der Waals surface area contributed by atoms with Crippen LogP contribution in [0.15, 0.2) is 24.3 Å². The van der Waals surface area contributed by atoms with Crippen LogP contribution in [0.1, 0.15) is 239 Å². The summed E-state index contributed by atoms with van der Waals surface area (Å²) < 4.78 is 26.9. The van der Waals surface area contributed by atoms with Gasteiger partial charge in [0.05, 0.1) is 13.2 Å². The Kier molecular flexibility index (Phi) is 43.9. The molecule has 58 heavy (non-hydrogen) atoms. The molecule has 10 heteroatoms. The number of hydrogen-bond donors (Lipinski definition) is 3. The Morgan fingerprint density at radius 2 is 0.948 bits per heavy atom. The van der Waals surface area contributed by atoms with E-state index < -0.39 is 26.5 Å². The number of carbonyl (C=O) groups is 2. The van der Waals surface area contributed by atoms with Crippen molar-refractivity contribution in [3.8, 4) is 0 Å². The SMILES string of the molecule is CCCC/C=C\C/C=C\CCCCCCCC(=O)OCC(O)COP(=O)(O)OCCNC(=O)CCCCCCCCCCCCCCCCCCCCCCCCC. The predicted octanol–water partition coefficient (Wildman–Crippen LogP) is 13.9. The van der Waals surface area contributed by atoms with Gasteiger partial charge in [-0.15, -0.1) is 0 Å². The van der Waals surface area contributed by atoms with Crippen molar-refractivity contribution in [1.82, 2.24) is 5.32 Å². The zero-order valence-corrected chi connectivity index (χ0v) is 38.6. The Morgan fingerprint density at radius 3 is 1.43 bits per heavy atom. The molecule has 2 unspecified atom stereocenters. The van der Waals surface area contributed by atoms with Gasteiger partial charge in [0.25, 0.3) is 0 Å². The quantitative estimate of drug-likeness (QED) is 0.0239. The van der Waals surface area contributed by atoms with E-state index in [1.807, 2.05) is 0 Å². The Bertz CT molecular complexity index is 1010. The molecule has 0 fully saturated rings. The third-order valence-electron chi connectivity index (χ3n) is 10.6. The summed E-state index contributed by atoms with van der Waals surface area (Å²) in [5, 5.41) is 12.7. The van der Waals surface area contributed by atoms with Crippen molar-refractivity contribution < 1.29 is 37.9 Å². The van der Waals surface area contributed by atoms with Crippen LogP contribution in [0.3, 0.4) is 0 Å². The number of rotatable bonds is 46. The molecule has 0 aliphatic rings. The van der Waals surface area contributed by atoms with E-state index in [0.717, 1.165) is 64.2 Å². The van der Waals surface area contributed by atoms with Crippen molar-refractivity contribution >= 4 is 19.7 Å². The van der Waals surface area contributed by atoms with E-state index in [9.17, 15) is 24.2 Å². The molecule has 0 bridgehead atoms. The van der Waals surface area contributed by atoms with Gasteiger partial charge in [0, 0.05) is 19.4 Å². The molecule has 0 spiro atoms. The minimum Gasteiger partial charge on any atom is -0.463 e. The van der Waals surface area contributed by atoms with Crippen molar-refractivity contribution in [3.05, 3.63) is 24.3 Å². The van der Waals surface area contributed by atoms with Gasteiger partial charge in [-0.2, -0.15) is 0 Å². The number of allylic oxidation sites excluding steroid dienone is 4. The van der Waals surface area contributed by atoms with Gasteiger partial charge in [-0.05, 0) is 38.5 Å². The summed E-state index contributed by atoms with van der Waals surface area (Å²) >= 11 is 0. The Balaban J connectivity index is 3.52. The molecule has 0 aromatic heterocycles. The maximum Gasteiger partial charge on any atom is 0.472 e. The molecule has 0 aromatic carbocycles. The second-order valence-corrected chi connectivity index (χ2v) is 17.9. The van der Waals surface area contributed by atoms with Gasteiger partial charge in [-0.25, -0.2) is 4.57 Å². The molecule has 0 aromatic rings. The minimum atomic E-state index is -4.42. The van der Waals surface area contributed by atoms with Gasteiger partial charge in [-0.1, -0.05) is 212 Å². The number of unbranched alkanes of at least 4 members (excludes halogenated alkanes) is 29. The summed E-state index contributed by atoms with van der Waals surface area (Å²) in [6, 6.07) is 0. The standard InChI is InChI=1S/C48H92NO8P/c1-3-5-7-9-11-13-15-17-19-20-21-22-23-24-25-26-27-28-30-32-34-36-38-40-47(51)49-42-43-56-58(53,54)57-45-46(50)44-55-48(52)41-39-37-35-33-31-29-18-16-14-12-10-8-6-4-2/h10,12,16,18,46,50H,3-9,11,13-15,17,19-45H2,1-2H3,(H,49,51)(H,53,54)/b12-10-,18-16-. The van der Waals surface area contributed by atoms with Crippen LogP contribution in [0.2, 0.25) is 0 Å². The van der Waals surface area contributed by atoms with Gasteiger partial charge in [-0.3, -0.25) is 18.6 Å². The van der Waals surface area contributed by atoms with Crippen molar-refractivity contribution in [2.24, 2.45) is 0 Å². The Labute approximate surface area is 357 Å². The van der Waals surface area contributed by atoms with Crippen LogP contribution in [-0.4, -0.2) is 54.3 Å². The lowest BCUT2D eigenvalue weighted by Gasteiger charge is -2.15. The molecule has 1 amide bonds. The van der Waals surface area contributed by atoms with Crippen molar-refractivity contribution in [2.75, 3.05) is 26.4 Å². The van der Waals surface area contributed by atoms with E-state index in [1.165, 1.54) is 148 Å². The van der Waals surface area contributed by atoms with Crippen LogP contribution < -0.4 is 5.32 Å². The molecule has 0 rings (SSSR count). The monoisotopic (exact) mass is 842 g/mol. The second kappa shape index (κ2) is 45.0. The van der Waals surface area contributed by atoms with Crippen LogP contribution in [-0.2, 0) is 27.9 Å². The third kappa shape index (κ3) is 45.6. The van der Waals surface area contributed by atoms with Gasteiger partial charge < -0.3 is 20.1 Å². The fraction of sp³-hybridized carbons (Fsp3) is 0.875. The van der Waals surface area contributed by atoms with Crippen molar-refractivity contribution in [2.45, 2.75) is 245 Å². The van der Waals surface area contributed by atoms with Gasteiger partial charge in [0.1, 0.15) is 12.7 Å². The Morgan fingerprint density at radius 1 is 0.534 bits per heavy atom. The first-order chi connectivity index (χ1) is 28.3. The average molecular weight is 842 g/mol. The first-order valence-corrected chi connectivity index (χ1v) is 25.8. The number of aliphatic hydroxyl groups excluding tert-OH is 1. The summed E-state index contributed by atoms with van der Waals surface area (Å²) in [5.74, 6) is -0.522. The first-order valence-electron chi connectivity index (χ1n) is 24.3. The molecular formula is C48H92NO8P. The highest BCUT2D eigenvalue weighted by atomic mass is 31.2. The maximum absolute atomic E-state index is 12.1. The number of aliphatic hydroxyl groups is 1. The molecule has 0 saturated heterocycles. The maximum atomic E-state index is 12.1. The van der Waals surface area contributed by atoms with Gasteiger partial charge >= 0.3 is 13.8 Å². The van der Waals surface area contributed by atoms with Crippen LogP contribution >= 0.6 is 7.82 Å². The van der Waals surface area contributed by atoms with Crippen molar-refractivity contribution in [3.63, 3.8) is 0 Å². The topological polar surface area (TPSA) is 131 Å². The fourth-order valence-electron chi connectivity index (χ4n) is 6.93. The highest BCUT2D eigenvalue weighted by molar-refractivity contribution is 7.47. The fourth-order valence-corrected chi connectivity index (χ4v) is 7.69. The molecular weight excluding hydrogens is 750 g/mol. The molecule has 3 N–H and O–H groups in total. The Hall–Kier alpha value is -1.51.